The zero-order chi connectivity index (χ0) is 16.6. The van der Waals surface area contributed by atoms with E-state index in [1.54, 1.807) is 0 Å². The van der Waals surface area contributed by atoms with Gasteiger partial charge in [-0.1, -0.05) is 39.3 Å². The molecule has 0 saturated carbocycles. The van der Waals surface area contributed by atoms with Gasteiger partial charge in [-0.25, -0.2) is 0 Å². The third kappa shape index (κ3) is 9.37. The molecule has 0 N–H and O–H groups in total. The highest BCUT2D eigenvalue weighted by atomic mass is 35.5. The largest absolute Gasteiger partial charge is 0.417 e. The summed E-state index contributed by atoms with van der Waals surface area (Å²) in [5, 5.41) is 0.533. The van der Waals surface area contributed by atoms with Gasteiger partial charge in [-0.05, 0) is 61.5 Å². The minimum Gasteiger partial charge on any atom is -0.417 e. The highest BCUT2D eigenvalue weighted by molar-refractivity contribution is 6.32. The van der Waals surface area contributed by atoms with E-state index in [0.29, 0.717) is 22.6 Å². The fraction of sp³-hybridized carbons (Fsp3) is 0.611. The van der Waals surface area contributed by atoms with Gasteiger partial charge in [-0.15, -0.1) is 0 Å². The van der Waals surface area contributed by atoms with Gasteiger partial charge < -0.3 is 4.74 Å². The summed E-state index contributed by atoms with van der Waals surface area (Å²) in [6.07, 6.45) is 1.74. The molecule has 0 saturated heterocycles. The van der Waals surface area contributed by atoms with Crippen LogP contribution in [0.2, 0.25) is 0 Å². The number of carbonyl (C=O) groups excluding carboxylic acids is 1. The molecule has 0 heterocycles. The first-order valence-corrected chi connectivity index (χ1v) is 7.76. The molecule has 21 heavy (non-hydrogen) atoms. The highest BCUT2D eigenvalue weighted by Crippen LogP contribution is 2.18. The Hall–Kier alpha value is -1.20. The van der Waals surface area contributed by atoms with E-state index in [2.05, 4.69) is 39.5 Å². The molecule has 0 rings (SSSR count). The SMILES string of the molecule is CC(=O)O/C(C#C/C(Cl)=C(/C)CC(C)C)=C(\C)CC(C)C. The van der Waals surface area contributed by atoms with Crippen LogP contribution < -0.4 is 0 Å². The number of hydrogen-bond donors (Lipinski definition) is 0. The summed E-state index contributed by atoms with van der Waals surface area (Å²) >= 11 is 6.21. The molecule has 0 aromatic heterocycles. The summed E-state index contributed by atoms with van der Waals surface area (Å²) in [7, 11) is 0. The van der Waals surface area contributed by atoms with E-state index in [-0.39, 0.29) is 5.97 Å². The van der Waals surface area contributed by atoms with Crippen LogP contribution in [0.15, 0.2) is 21.9 Å². The second-order valence-corrected chi connectivity index (χ2v) is 6.62. The van der Waals surface area contributed by atoms with Gasteiger partial charge >= 0.3 is 5.97 Å². The van der Waals surface area contributed by atoms with Crippen LogP contribution >= 0.6 is 11.6 Å². The predicted octanol–water partition coefficient (Wildman–Crippen LogP) is 5.43. The second kappa shape index (κ2) is 9.68. The molecule has 0 aromatic rings. The molecule has 3 heteroatoms. The Morgan fingerprint density at radius 1 is 0.952 bits per heavy atom. The number of allylic oxidation sites excluding steroid dienone is 4. The van der Waals surface area contributed by atoms with E-state index in [4.69, 9.17) is 16.3 Å². The van der Waals surface area contributed by atoms with Crippen molar-refractivity contribution in [1.82, 2.24) is 0 Å². The summed E-state index contributed by atoms with van der Waals surface area (Å²) < 4.78 is 5.21. The van der Waals surface area contributed by atoms with Gasteiger partial charge in [-0.3, -0.25) is 4.79 Å². The zero-order valence-corrected chi connectivity index (χ0v) is 15.0. The van der Waals surface area contributed by atoms with Crippen LogP contribution in [0.3, 0.4) is 0 Å². The lowest BCUT2D eigenvalue weighted by molar-refractivity contribution is -0.136. The molecule has 2 nitrogen and oxygen atoms in total. The van der Waals surface area contributed by atoms with Gasteiger partial charge in [0.2, 0.25) is 0 Å². The van der Waals surface area contributed by atoms with Gasteiger partial charge in [-0.2, -0.15) is 0 Å². The Balaban J connectivity index is 5.34. The Bertz CT molecular complexity index is 485. The van der Waals surface area contributed by atoms with Crippen LogP contribution in [-0.4, -0.2) is 5.97 Å². The van der Waals surface area contributed by atoms with Crippen molar-refractivity contribution < 1.29 is 9.53 Å². The first-order chi connectivity index (χ1) is 9.63. The van der Waals surface area contributed by atoms with Crippen LogP contribution in [0.4, 0.5) is 0 Å². The van der Waals surface area contributed by atoms with Gasteiger partial charge in [0.1, 0.15) is 0 Å². The van der Waals surface area contributed by atoms with E-state index in [0.717, 1.165) is 24.0 Å². The van der Waals surface area contributed by atoms with Gasteiger partial charge in [0.05, 0.1) is 5.03 Å². The third-order valence-corrected chi connectivity index (χ3v) is 3.14. The fourth-order valence-electron chi connectivity index (χ4n) is 1.99. The monoisotopic (exact) mass is 310 g/mol. The molecule has 0 fully saturated rings. The van der Waals surface area contributed by atoms with E-state index >= 15 is 0 Å². The van der Waals surface area contributed by atoms with E-state index in [1.807, 2.05) is 13.8 Å². The summed E-state index contributed by atoms with van der Waals surface area (Å²) in [4.78, 5) is 11.2. The molecule has 0 aromatic carbocycles. The standard InChI is InChI=1S/C18H27ClO2/c1-12(2)10-14(5)17(19)8-9-18(21-16(7)20)15(6)11-13(3)4/h12-13H,10-11H2,1-7H3/b17-14+,18-15+. The lowest BCUT2D eigenvalue weighted by Crippen LogP contribution is -2.02. The highest BCUT2D eigenvalue weighted by Gasteiger charge is 2.07. The summed E-state index contributed by atoms with van der Waals surface area (Å²) in [6.45, 7) is 13.8. The maximum absolute atomic E-state index is 11.2. The number of hydrogen-bond acceptors (Lipinski definition) is 2. The Morgan fingerprint density at radius 2 is 1.43 bits per heavy atom. The number of ether oxygens (including phenoxy) is 1. The molecule has 0 radical (unpaired) electrons. The zero-order valence-electron chi connectivity index (χ0n) is 14.3. The van der Waals surface area contributed by atoms with Crippen molar-refractivity contribution in [3.63, 3.8) is 0 Å². The third-order valence-electron chi connectivity index (χ3n) is 2.72. The first-order valence-electron chi connectivity index (χ1n) is 7.38. The Labute approximate surface area is 134 Å². The number of carbonyl (C=O) groups is 1. The average molecular weight is 311 g/mol. The van der Waals surface area contributed by atoms with Gasteiger partial charge in [0, 0.05) is 6.92 Å². The number of esters is 1. The van der Waals surface area contributed by atoms with Crippen molar-refractivity contribution in [2.75, 3.05) is 0 Å². The van der Waals surface area contributed by atoms with Crippen molar-refractivity contribution in [1.29, 1.82) is 0 Å². The fourth-order valence-corrected chi connectivity index (χ4v) is 2.11. The molecular formula is C18H27ClO2. The van der Waals surface area contributed by atoms with Gasteiger partial charge in [0.15, 0.2) is 5.76 Å². The second-order valence-electron chi connectivity index (χ2n) is 6.24. The van der Waals surface area contributed by atoms with Crippen LogP contribution in [0.5, 0.6) is 0 Å². The van der Waals surface area contributed by atoms with E-state index < -0.39 is 0 Å². The topological polar surface area (TPSA) is 26.3 Å². The molecule has 0 bridgehead atoms. The predicted molar refractivity (Wildman–Crippen MR) is 89.7 cm³/mol. The van der Waals surface area contributed by atoms with Crippen LogP contribution in [0.1, 0.15) is 61.3 Å². The summed E-state index contributed by atoms with van der Waals surface area (Å²) in [5.74, 6) is 6.89. The molecule has 0 amide bonds. The lowest BCUT2D eigenvalue weighted by Gasteiger charge is -2.08. The van der Waals surface area contributed by atoms with Crippen molar-refractivity contribution in [2.45, 2.75) is 61.3 Å². The average Bonchev–Trinajstić information content (AvgIpc) is 2.31. The van der Waals surface area contributed by atoms with Crippen molar-refractivity contribution >= 4 is 17.6 Å². The molecule has 0 spiro atoms. The molecule has 118 valence electrons. The van der Waals surface area contributed by atoms with Crippen molar-refractivity contribution in [2.24, 2.45) is 11.8 Å². The molecule has 0 atom stereocenters. The smallest absolute Gasteiger partial charge is 0.308 e. The van der Waals surface area contributed by atoms with Gasteiger partial charge in [0.25, 0.3) is 0 Å². The van der Waals surface area contributed by atoms with Crippen molar-refractivity contribution in [3.8, 4) is 11.8 Å². The maximum atomic E-state index is 11.2. The van der Waals surface area contributed by atoms with E-state index in [1.165, 1.54) is 6.92 Å². The van der Waals surface area contributed by atoms with E-state index in [9.17, 15) is 4.79 Å². The molecule has 0 aliphatic rings. The summed E-state index contributed by atoms with van der Waals surface area (Å²) in [6, 6.07) is 0. The molecule has 0 aliphatic heterocycles. The molecular weight excluding hydrogens is 284 g/mol. The first kappa shape index (κ1) is 19.8. The Kier molecular flexibility index (Phi) is 9.13. The quantitative estimate of drug-likeness (QED) is 0.384. The molecule has 0 unspecified atom stereocenters. The minimum atomic E-state index is -0.360. The van der Waals surface area contributed by atoms with Crippen LogP contribution in [0, 0.1) is 23.7 Å². The normalized spacial score (nSPS) is 13.4. The number of halogens is 1. The summed E-state index contributed by atoms with van der Waals surface area (Å²) in [5.41, 5.74) is 2.03. The van der Waals surface area contributed by atoms with Crippen LogP contribution in [0.25, 0.3) is 0 Å². The number of rotatable bonds is 5. The Morgan fingerprint density at radius 3 is 1.86 bits per heavy atom. The van der Waals surface area contributed by atoms with Crippen LogP contribution in [-0.2, 0) is 9.53 Å². The minimum absolute atomic E-state index is 0.360. The van der Waals surface area contributed by atoms with Crippen molar-refractivity contribution in [3.05, 3.63) is 21.9 Å². The maximum Gasteiger partial charge on any atom is 0.308 e. The molecule has 0 aliphatic carbocycles. The lowest BCUT2D eigenvalue weighted by atomic mass is 10.0.